The highest BCUT2D eigenvalue weighted by Crippen LogP contribution is 1.97. The molecule has 0 N–H and O–H groups in total. The fourth-order valence-electron chi connectivity index (χ4n) is 0.744. The van der Waals surface area contributed by atoms with Crippen molar-refractivity contribution < 1.29 is 0 Å². The van der Waals surface area contributed by atoms with Crippen LogP contribution in [0.3, 0.4) is 0 Å². The molecule has 0 saturated carbocycles. The largest absolute Gasteiger partial charge is 0.304 e. The summed E-state index contributed by atoms with van der Waals surface area (Å²) in [4.78, 5) is 11.8. The van der Waals surface area contributed by atoms with Gasteiger partial charge in [0.15, 0.2) is 0 Å². The Bertz CT molecular complexity index is 83.1. The van der Waals surface area contributed by atoms with E-state index in [9.17, 15) is 4.91 Å². The van der Waals surface area contributed by atoms with E-state index < -0.39 is 0 Å². The van der Waals surface area contributed by atoms with Crippen LogP contribution in [0.15, 0.2) is 5.18 Å². The van der Waals surface area contributed by atoms with E-state index in [-0.39, 0.29) is 0 Å². The molecular formula is C6H14N2O. The first-order valence-electron chi connectivity index (χ1n) is 3.18. The lowest BCUT2D eigenvalue weighted by molar-refractivity contribution is 0.292. The van der Waals surface area contributed by atoms with Crippen LogP contribution in [0, 0.1) is 4.91 Å². The van der Waals surface area contributed by atoms with E-state index in [1.807, 2.05) is 19.0 Å². The van der Waals surface area contributed by atoms with Gasteiger partial charge < -0.3 is 4.90 Å². The summed E-state index contributed by atoms with van der Waals surface area (Å²) >= 11 is 0. The van der Waals surface area contributed by atoms with E-state index in [1.54, 1.807) is 0 Å². The minimum absolute atomic E-state index is 0.322. The fourth-order valence-corrected chi connectivity index (χ4v) is 0.744. The second-order valence-electron chi connectivity index (χ2n) is 2.34. The molecule has 0 aliphatic heterocycles. The predicted molar refractivity (Wildman–Crippen MR) is 38.4 cm³/mol. The zero-order valence-electron chi connectivity index (χ0n) is 6.29. The standard InChI is InChI=1S/C6H14N2O/c1-4-6(5-7-9)8(2)3/h6H,4-5H2,1-3H3. The highest BCUT2D eigenvalue weighted by atomic mass is 16.3. The molecule has 0 fully saturated rings. The molecule has 0 amide bonds. The molecule has 1 unspecified atom stereocenters. The second-order valence-corrected chi connectivity index (χ2v) is 2.34. The van der Waals surface area contributed by atoms with Crippen molar-refractivity contribution in [2.45, 2.75) is 19.4 Å². The molecule has 0 aromatic rings. The van der Waals surface area contributed by atoms with E-state index in [1.165, 1.54) is 0 Å². The van der Waals surface area contributed by atoms with E-state index in [0.29, 0.717) is 12.6 Å². The first-order chi connectivity index (χ1) is 4.22. The number of nitroso groups, excluding NO2 is 1. The van der Waals surface area contributed by atoms with E-state index in [4.69, 9.17) is 0 Å². The van der Waals surface area contributed by atoms with Gasteiger partial charge in [-0.1, -0.05) is 12.1 Å². The van der Waals surface area contributed by atoms with Crippen LogP contribution in [0.5, 0.6) is 0 Å². The van der Waals surface area contributed by atoms with Crippen molar-refractivity contribution >= 4 is 0 Å². The lowest BCUT2D eigenvalue weighted by Gasteiger charge is -2.18. The zero-order chi connectivity index (χ0) is 7.28. The molecule has 0 saturated heterocycles. The van der Waals surface area contributed by atoms with E-state index in [0.717, 1.165) is 6.42 Å². The number of nitrogens with zero attached hydrogens (tertiary/aromatic N) is 2. The van der Waals surface area contributed by atoms with Gasteiger partial charge in [0, 0.05) is 6.04 Å². The van der Waals surface area contributed by atoms with Gasteiger partial charge in [0.1, 0.15) is 0 Å². The molecule has 9 heavy (non-hydrogen) atoms. The second kappa shape index (κ2) is 4.44. The molecule has 0 aliphatic rings. The Kier molecular flexibility index (Phi) is 4.22. The summed E-state index contributed by atoms with van der Waals surface area (Å²) in [7, 11) is 3.92. The minimum atomic E-state index is 0.322. The van der Waals surface area contributed by atoms with Crippen molar-refractivity contribution in [3.05, 3.63) is 4.91 Å². The van der Waals surface area contributed by atoms with Crippen LogP contribution in [0.2, 0.25) is 0 Å². The van der Waals surface area contributed by atoms with Crippen molar-refractivity contribution in [3.8, 4) is 0 Å². The monoisotopic (exact) mass is 130 g/mol. The topological polar surface area (TPSA) is 32.7 Å². The van der Waals surface area contributed by atoms with Crippen molar-refractivity contribution in [2.75, 3.05) is 20.6 Å². The molecule has 3 heteroatoms. The molecule has 3 nitrogen and oxygen atoms in total. The van der Waals surface area contributed by atoms with Gasteiger partial charge in [-0.3, -0.25) is 0 Å². The molecule has 0 heterocycles. The van der Waals surface area contributed by atoms with Gasteiger partial charge in [-0.05, 0) is 20.5 Å². The smallest absolute Gasteiger partial charge is 0.0966 e. The van der Waals surface area contributed by atoms with Crippen molar-refractivity contribution in [2.24, 2.45) is 5.18 Å². The number of hydrogen-bond acceptors (Lipinski definition) is 3. The van der Waals surface area contributed by atoms with Crippen LogP contribution in [-0.4, -0.2) is 31.6 Å². The Labute approximate surface area is 56.0 Å². The minimum Gasteiger partial charge on any atom is -0.304 e. The quantitative estimate of drug-likeness (QED) is 0.534. The summed E-state index contributed by atoms with van der Waals surface area (Å²) in [5.74, 6) is 0. The SMILES string of the molecule is CCC(CN=O)N(C)C. The Morgan fingerprint density at radius 2 is 2.11 bits per heavy atom. The summed E-state index contributed by atoms with van der Waals surface area (Å²) in [5.41, 5.74) is 0. The van der Waals surface area contributed by atoms with E-state index >= 15 is 0 Å². The average Bonchev–Trinajstić information content (AvgIpc) is 1.82. The zero-order valence-corrected chi connectivity index (χ0v) is 6.29. The predicted octanol–water partition coefficient (Wildman–Crippen LogP) is 1.09. The van der Waals surface area contributed by atoms with Crippen LogP contribution in [0.1, 0.15) is 13.3 Å². The maximum atomic E-state index is 9.80. The maximum Gasteiger partial charge on any atom is 0.0966 e. The summed E-state index contributed by atoms with van der Waals surface area (Å²) in [5, 5.41) is 2.84. The van der Waals surface area contributed by atoms with Crippen LogP contribution in [-0.2, 0) is 0 Å². The molecule has 0 bridgehead atoms. The summed E-state index contributed by atoms with van der Waals surface area (Å²) in [6.45, 7) is 2.46. The normalized spacial score (nSPS) is 13.8. The van der Waals surface area contributed by atoms with Crippen LogP contribution >= 0.6 is 0 Å². The Morgan fingerprint density at radius 1 is 1.56 bits per heavy atom. The molecule has 0 spiro atoms. The number of rotatable bonds is 4. The summed E-state index contributed by atoms with van der Waals surface area (Å²) in [6.07, 6.45) is 0.985. The van der Waals surface area contributed by atoms with Gasteiger partial charge in [-0.2, -0.15) is 4.91 Å². The Hall–Kier alpha value is -0.440. The highest BCUT2D eigenvalue weighted by molar-refractivity contribution is 4.65. The third-order valence-electron chi connectivity index (χ3n) is 1.49. The molecule has 0 radical (unpaired) electrons. The maximum absolute atomic E-state index is 9.80. The lowest BCUT2D eigenvalue weighted by atomic mass is 10.2. The third kappa shape index (κ3) is 3.19. The molecule has 1 atom stereocenters. The van der Waals surface area contributed by atoms with Gasteiger partial charge in [-0.15, -0.1) is 0 Å². The Morgan fingerprint density at radius 3 is 2.22 bits per heavy atom. The summed E-state index contributed by atoms with van der Waals surface area (Å²) in [6, 6.07) is 0.322. The number of hydrogen-bond donors (Lipinski definition) is 0. The molecule has 0 aliphatic carbocycles. The highest BCUT2D eigenvalue weighted by Gasteiger charge is 2.06. The van der Waals surface area contributed by atoms with Gasteiger partial charge in [0.05, 0.1) is 6.54 Å². The van der Waals surface area contributed by atoms with Gasteiger partial charge in [-0.25, -0.2) is 0 Å². The van der Waals surface area contributed by atoms with Gasteiger partial charge >= 0.3 is 0 Å². The molecule has 54 valence electrons. The van der Waals surface area contributed by atoms with E-state index in [2.05, 4.69) is 12.1 Å². The van der Waals surface area contributed by atoms with Crippen LogP contribution in [0.4, 0.5) is 0 Å². The molecule has 0 aromatic carbocycles. The summed E-state index contributed by atoms with van der Waals surface area (Å²) < 4.78 is 0. The molecule has 0 aromatic heterocycles. The first-order valence-corrected chi connectivity index (χ1v) is 3.18. The fraction of sp³-hybridized carbons (Fsp3) is 1.00. The van der Waals surface area contributed by atoms with Crippen LogP contribution < -0.4 is 0 Å². The van der Waals surface area contributed by atoms with Crippen LogP contribution in [0.25, 0.3) is 0 Å². The van der Waals surface area contributed by atoms with Gasteiger partial charge in [0.2, 0.25) is 0 Å². The Balaban J connectivity index is 3.53. The van der Waals surface area contributed by atoms with Crippen molar-refractivity contribution in [3.63, 3.8) is 0 Å². The third-order valence-corrected chi connectivity index (χ3v) is 1.49. The number of likely N-dealkylation sites (N-methyl/N-ethyl adjacent to an activating group) is 1. The van der Waals surface area contributed by atoms with Gasteiger partial charge in [0.25, 0.3) is 0 Å². The van der Waals surface area contributed by atoms with Crippen molar-refractivity contribution in [1.29, 1.82) is 0 Å². The molecular weight excluding hydrogens is 116 g/mol. The average molecular weight is 130 g/mol. The molecule has 0 rings (SSSR count). The first kappa shape index (κ1) is 8.56. The van der Waals surface area contributed by atoms with Crippen molar-refractivity contribution in [1.82, 2.24) is 4.90 Å². The lowest BCUT2D eigenvalue weighted by Crippen LogP contribution is -2.29.